The van der Waals surface area contributed by atoms with E-state index in [4.69, 9.17) is 21.7 Å². The van der Waals surface area contributed by atoms with Crippen LogP contribution in [0, 0.1) is 4.77 Å². The van der Waals surface area contributed by atoms with Gasteiger partial charge in [-0.2, -0.15) is 5.10 Å². The Hall–Kier alpha value is -2.85. The minimum absolute atomic E-state index is 0.115. The van der Waals surface area contributed by atoms with Crippen molar-refractivity contribution in [2.45, 2.75) is 20.0 Å². The number of ether oxygens (including phenoxy) is 2. The third kappa shape index (κ3) is 3.40. The smallest absolute Gasteiger partial charge is 0.338 e. The number of hydrogen-bond donors (Lipinski definition) is 1. The number of rotatable bonds is 6. The Kier molecular flexibility index (Phi) is 5.47. The molecule has 3 aromatic rings. The van der Waals surface area contributed by atoms with Crippen LogP contribution in [0.5, 0.6) is 0 Å². The number of H-pyrrole nitrogens is 1. The molecular weight excluding hydrogens is 370 g/mol. The summed E-state index contributed by atoms with van der Waals surface area (Å²) in [6.07, 6.45) is 1.65. The summed E-state index contributed by atoms with van der Waals surface area (Å²) in [6, 6.07) is 3.33. The van der Waals surface area contributed by atoms with Gasteiger partial charge in [0.15, 0.2) is 4.77 Å². The highest BCUT2D eigenvalue weighted by atomic mass is 32.1. The number of methoxy groups -OCH3 is 2. The number of aryl methyl sites for hydroxylation is 1. The maximum absolute atomic E-state index is 12.6. The fourth-order valence-corrected chi connectivity index (χ4v) is 3.14. The SMILES string of the molecule is CCn1nccc1-c1cc(C(=O)OC)c2c(=O)[nH]c(=S)n(CCOC)c2n1. The highest BCUT2D eigenvalue weighted by Gasteiger charge is 2.21. The molecule has 3 rings (SSSR count). The summed E-state index contributed by atoms with van der Waals surface area (Å²) in [4.78, 5) is 32.2. The van der Waals surface area contributed by atoms with Crippen molar-refractivity contribution in [2.24, 2.45) is 0 Å². The molecule has 3 heterocycles. The van der Waals surface area contributed by atoms with E-state index < -0.39 is 11.5 Å². The Morgan fingerprint density at radius 3 is 2.81 bits per heavy atom. The van der Waals surface area contributed by atoms with Gasteiger partial charge in [-0.25, -0.2) is 9.78 Å². The minimum Gasteiger partial charge on any atom is -0.465 e. The lowest BCUT2D eigenvalue weighted by molar-refractivity contribution is 0.0603. The van der Waals surface area contributed by atoms with Crippen LogP contribution in [0.3, 0.4) is 0 Å². The molecule has 142 valence electrons. The molecule has 0 unspecified atom stereocenters. The van der Waals surface area contributed by atoms with Crippen molar-refractivity contribution in [3.05, 3.63) is 39.0 Å². The van der Waals surface area contributed by atoms with E-state index in [9.17, 15) is 9.59 Å². The molecule has 0 spiro atoms. The summed E-state index contributed by atoms with van der Waals surface area (Å²) >= 11 is 5.29. The number of carbonyl (C=O) groups is 1. The quantitative estimate of drug-likeness (QED) is 0.506. The Labute approximate surface area is 159 Å². The van der Waals surface area contributed by atoms with E-state index >= 15 is 0 Å². The van der Waals surface area contributed by atoms with Crippen LogP contribution >= 0.6 is 12.2 Å². The van der Waals surface area contributed by atoms with E-state index in [-0.39, 0.29) is 15.7 Å². The predicted octanol–water partition coefficient (Wildman–Crippen LogP) is 1.77. The fourth-order valence-electron chi connectivity index (χ4n) is 2.87. The molecule has 0 aliphatic rings. The first-order chi connectivity index (χ1) is 13.0. The van der Waals surface area contributed by atoms with Gasteiger partial charge >= 0.3 is 5.97 Å². The van der Waals surface area contributed by atoms with E-state index in [2.05, 4.69) is 15.1 Å². The summed E-state index contributed by atoms with van der Waals surface area (Å²) in [6.45, 7) is 3.30. The summed E-state index contributed by atoms with van der Waals surface area (Å²) in [7, 11) is 2.83. The Morgan fingerprint density at radius 1 is 1.37 bits per heavy atom. The molecule has 0 aliphatic carbocycles. The van der Waals surface area contributed by atoms with Crippen LogP contribution in [-0.2, 0) is 22.6 Å². The highest BCUT2D eigenvalue weighted by molar-refractivity contribution is 7.71. The van der Waals surface area contributed by atoms with Crippen molar-refractivity contribution in [1.82, 2.24) is 24.3 Å². The maximum atomic E-state index is 12.6. The predicted molar refractivity (Wildman–Crippen MR) is 101 cm³/mol. The fraction of sp³-hybridized carbons (Fsp3) is 0.353. The van der Waals surface area contributed by atoms with Gasteiger partial charge in [-0.05, 0) is 31.3 Å². The minimum atomic E-state index is -0.632. The molecule has 9 nitrogen and oxygen atoms in total. The number of carbonyl (C=O) groups excluding carboxylic acids is 1. The number of nitrogens with zero attached hydrogens (tertiary/aromatic N) is 4. The number of pyridine rings is 1. The van der Waals surface area contributed by atoms with Crippen LogP contribution in [0.15, 0.2) is 23.1 Å². The van der Waals surface area contributed by atoms with E-state index in [1.54, 1.807) is 28.6 Å². The molecule has 0 radical (unpaired) electrons. The molecule has 0 saturated heterocycles. The molecule has 0 aliphatic heterocycles. The molecule has 0 saturated carbocycles. The zero-order valence-corrected chi connectivity index (χ0v) is 16.0. The lowest BCUT2D eigenvalue weighted by Crippen LogP contribution is -2.21. The van der Waals surface area contributed by atoms with Gasteiger partial charge in [-0.15, -0.1) is 0 Å². The molecule has 27 heavy (non-hydrogen) atoms. The molecule has 10 heteroatoms. The Bertz CT molecular complexity index is 1110. The number of hydrogen-bond acceptors (Lipinski definition) is 7. The van der Waals surface area contributed by atoms with Crippen molar-refractivity contribution < 1.29 is 14.3 Å². The van der Waals surface area contributed by atoms with Crippen LogP contribution in [0.2, 0.25) is 0 Å². The summed E-state index contributed by atoms with van der Waals surface area (Å²) in [5, 5.41) is 4.36. The second-order valence-corrected chi connectivity index (χ2v) is 6.07. The van der Waals surface area contributed by atoms with Crippen LogP contribution in [0.1, 0.15) is 17.3 Å². The third-order valence-corrected chi connectivity index (χ3v) is 4.47. The Morgan fingerprint density at radius 2 is 2.15 bits per heavy atom. The lowest BCUT2D eigenvalue weighted by Gasteiger charge is -2.14. The number of esters is 1. The van der Waals surface area contributed by atoms with Crippen LogP contribution in [-0.4, -0.2) is 51.1 Å². The average molecular weight is 389 g/mol. The van der Waals surface area contributed by atoms with Crippen molar-refractivity contribution in [1.29, 1.82) is 0 Å². The summed E-state index contributed by atoms with van der Waals surface area (Å²) < 4.78 is 13.6. The van der Waals surface area contributed by atoms with Crippen molar-refractivity contribution >= 4 is 29.2 Å². The number of fused-ring (bicyclic) bond motifs is 1. The van der Waals surface area contributed by atoms with E-state index in [1.807, 2.05) is 6.92 Å². The standard InChI is InChI=1S/C17H19N5O4S/c1-4-22-12(5-6-18-22)11-9-10(16(24)26-3)13-14(19-11)21(7-8-25-2)17(27)20-15(13)23/h5-6,9H,4,7-8H2,1-3H3,(H,20,23,27). The molecule has 3 aromatic heterocycles. The second kappa shape index (κ2) is 7.80. The molecule has 0 fully saturated rings. The van der Waals surface area contributed by atoms with E-state index in [0.717, 1.165) is 0 Å². The summed E-state index contributed by atoms with van der Waals surface area (Å²) in [5.74, 6) is -0.632. The van der Waals surface area contributed by atoms with Crippen molar-refractivity contribution in [3.8, 4) is 11.4 Å². The van der Waals surface area contributed by atoms with Gasteiger partial charge in [-0.3, -0.25) is 14.5 Å². The lowest BCUT2D eigenvalue weighted by atomic mass is 10.1. The molecule has 0 bridgehead atoms. The van der Waals surface area contributed by atoms with Gasteiger partial charge in [-0.1, -0.05) is 0 Å². The van der Waals surface area contributed by atoms with Crippen molar-refractivity contribution in [2.75, 3.05) is 20.8 Å². The average Bonchev–Trinajstić information content (AvgIpc) is 3.15. The first-order valence-corrected chi connectivity index (χ1v) is 8.70. The number of aromatic nitrogens is 5. The third-order valence-electron chi connectivity index (χ3n) is 4.15. The molecule has 1 N–H and O–H groups in total. The number of aromatic amines is 1. The first-order valence-electron chi connectivity index (χ1n) is 8.29. The van der Waals surface area contributed by atoms with Gasteiger partial charge in [0.25, 0.3) is 5.56 Å². The van der Waals surface area contributed by atoms with Gasteiger partial charge in [0.1, 0.15) is 5.65 Å². The van der Waals surface area contributed by atoms with Gasteiger partial charge < -0.3 is 14.0 Å². The zero-order chi connectivity index (χ0) is 19.6. The summed E-state index contributed by atoms with van der Waals surface area (Å²) in [5.41, 5.74) is 1.13. The Balaban J connectivity index is 2.42. The second-order valence-electron chi connectivity index (χ2n) is 5.68. The monoisotopic (exact) mass is 389 g/mol. The van der Waals surface area contributed by atoms with Crippen LogP contribution in [0.4, 0.5) is 0 Å². The van der Waals surface area contributed by atoms with E-state index in [0.29, 0.717) is 36.7 Å². The maximum Gasteiger partial charge on any atom is 0.338 e. The van der Waals surface area contributed by atoms with E-state index in [1.165, 1.54) is 13.2 Å². The van der Waals surface area contributed by atoms with Gasteiger partial charge in [0.05, 0.1) is 42.6 Å². The zero-order valence-electron chi connectivity index (χ0n) is 15.2. The van der Waals surface area contributed by atoms with Crippen LogP contribution in [0.25, 0.3) is 22.4 Å². The van der Waals surface area contributed by atoms with Gasteiger partial charge in [0.2, 0.25) is 0 Å². The number of nitrogens with one attached hydrogen (secondary N) is 1. The molecule has 0 atom stereocenters. The van der Waals surface area contributed by atoms with Gasteiger partial charge in [0, 0.05) is 19.9 Å². The molecular formula is C17H19N5O4S. The molecule has 0 aromatic carbocycles. The first kappa shape index (κ1) is 18.9. The van der Waals surface area contributed by atoms with Crippen molar-refractivity contribution in [3.63, 3.8) is 0 Å². The van der Waals surface area contributed by atoms with Crippen LogP contribution < -0.4 is 5.56 Å². The molecule has 0 amide bonds. The normalized spacial score (nSPS) is 11.1. The largest absolute Gasteiger partial charge is 0.465 e. The topological polar surface area (TPSA) is 104 Å². The highest BCUT2D eigenvalue weighted by Crippen LogP contribution is 2.24.